The lowest BCUT2D eigenvalue weighted by Gasteiger charge is -2.20. The molecule has 0 saturated heterocycles. The molecule has 2 rings (SSSR count). The van der Waals surface area contributed by atoms with Crippen molar-refractivity contribution >= 4 is 23.0 Å². The van der Waals surface area contributed by atoms with Gasteiger partial charge in [-0.3, -0.25) is 0 Å². The number of hydrogen-bond acceptors (Lipinski definition) is 1. The Morgan fingerprint density at radius 3 is 2.18 bits per heavy atom. The molecule has 0 spiro atoms. The summed E-state index contributed by atoms with van der Waals surface area (Å²) < 4.78 is 0. The normalized spacial score (nSPS) is 11.8. The van der Waals surface area contributed by atoms with Crippen LogP contribution in [0.3, 0.4) is 0 Å². The van der Waals surface area contributed by atoms with Crippen LogP contribution in [0.4, 0.5) is 5.69 Å². The summed E-state index contributed by atoms with van der Waals surface area (Å²) in [5.74, 6) is 0. The van der Waals surface area contributed by atoms with Crippen LogP contribution < -0.4 is 10.6 Å². The highest BCUT2D eigenvalue weighted by Gasteiger charge is 2.10. The van der Waals surface area contributed by atoms with Crippen LogP contribution in [0.1, 0.15) is 43.0 Å². The van der Waals surface area contributed by atoms with Gasteiger partial charge in [-0.15, -0.1) is 0 Å². The summed E-state index contributed by atoms with van der Waals surface area (Å²) in [5.41, 5.74) is 4.89. The van der Waals surface area contributed by atoms with Crippen molar-refractivity contribution in [1.82, 2.24) is 5.32 Å². The summed E-state index contributed by atoms with van der Waals surface area (Å²) in [6, 6.07) is 17.2. The molecule has 0 radical (unpaired) electrons. The molecule has 2 aromatic rings. The molecule has 0 fully saturated rings. The number of aryl methyl sites for hydroxylation is 2. The van der Waals surface area contributed by atoms with E-state index in [0.29, 0.717) is 5.11 Å². The number of hydrogen-bond donors (Lipinski definition) is 2. The molecular formula is C19H24N2S. The summed E-state index contributed by atoms with van der Waals surface area (Å²) in [7, 11) is 0. The van der Waals surface area contributed by atoms with Crippen LogP contribution in [0.15, 0.2) is 48.5 Å². The molecule has 3 heteroatoms. The van der Waals surface area contributed by atoms with Crippen molar-refractivity contribution in [3.63, 3.8) is 0 Å². The molecule has 1 atom stereocenters. The fourth-order valence-electron chi connectivity index (χ4n) is 2.37. The van der Waals surface area contributed by atoms with Gasteiger partial charge in [0.25, 0.3) is 0 Å². The molecule has 0 unspecified atom stereocenters. The van der Waals surface area contributed by atoms with Crippen molar-refractivity contribution in [2.24, 2.45) is 0 Å². The lowest BCUT2D eigenvalue weighted by atomic mass is 10.0. The average Bonchev–Trinajstić information content (AvgIpc) is 2.54. The van der Waals surface area contributed by atoms with E-state index in [1.54, 1.807) is 0 Å². The average molecular weight is 312 g/mol. The largest absolute Gasteiger partial charge is 0.356 e. The molecule has 0 heterocycles. The fraction of sp³-hybridized carbons (Fsp3) is 0.316. The maximum atomic E-state index is 5.44. The highest BCUT2D eigenvalue weighted by molar-refractivity contribution is 7.80. The number of rotatable bonds is 5. The van der Waals surface area contributed by atoms with E-state index in [4.69, 9.17) is 12.2 Å². The molecule has 2 aromatic carbocycles. The minimum Gasteiger partial charge on any atom is -0.356 e. The lowest BCUT2D eigenvalue weighted by molar-refractivity contribution is 0.629. The topological polar surface area (TPSA) is 24.1 Å². The zero-order chi connectivity index (χ0) is 15.9. The van der Waals surface area contributed by atoms with E-state index in [1.165, 1.54) is 16.7 Å². The maximum Gasteiger partial charge on any atom is 0.171 e. The second-order valence-electron chi connectivity index (χ2n) is 5.52. The maximum absolute atomic E-state index is 5.44. The Kier molecular flexibility index (Phi) is 5.96. The van der Waals surface area contributed by atoms with Gasteiger partial charge in [0.15, 0.2) is 5.11 Å². The van der Waals surface area contributed by atoms with E-state index >= 15 is 0 Å². The van der Waals surface area contributed by atoms with Gasteiger partial charge in [0.2, 0.25) is 0 Å². The molecule has 0 aliphatic heterocycles. The summed E-state index contributed by atoms with van der Waals surface area (Å²) in [6.45, 7) is 6.42. The molecule has 116 valence electrons. The van der Waals surface area contributed by atoms with Gasteiger partial charge in [0.1, 0.15) is 0 Å². The van der Waals surface area contributed by atoms with E-state index in [-0.39, 0.29) is 6.04 Å². The summed E-state index contributed by atoms with van der Waals surface area (Å²) in [4.78, 5) is 0. The first-order valence-corrected chi connectivity index (χ1v) is 8.26. The van der Waals surface area contributed by atoms with Gasteiger partial charge in [-0.2, -0.15) is 0 Å². The van der Waals surface area contributed by atoms with Gasteiger partial charge >= 0.3 is 0 Å². The zero-order valence-corrected chi connectivity index (χ0v) is 14.3. The Labute approximate surface area is 139 Å². The highest BCUT2D eigenvalue weighted by atomic mass is 32.1. The Morgan fingerprint density at radius 1 is 1.00 bits per heavy atom. The SMILES string of the molecule is CCc1ccc(NC(=S)N[C@@H](CC)c2ccc(C)cc2)cc1. The van der Waals surface area contributed by atoms with E-state index in [2.05, 4.69) is 79.9 Å². The van der Waals surface area contributed by atoms with E-state index < -0.39 is 0 Å². The number of benzene rings is 2. The lowest BCUT2D eigenvalue weighted by Crippen LogP contribution is -2.32. The highest BCUT2D eigenvalue weighted by Crippen LogP contribution is 2.18. The van der Waals surface area contributed by atoms with Gasteiger partial charge in [-0.05, 0) is 55.2 Å². The molecule has 2 N–H and O–H groups in total. The molecule has 0 bridgehead atoms. The van der Waals surface area contributed by atoms with Crippen molar-refractivity contribution in [2.45, 2.75) is 39.7 Å². The van der Waals surface area contributed by atoms with Gasteiger partial charge in [-0.25, -0.2) is 0 Å². The Morgan fingerprint density at radius 2 is 1.64 bits per heavy atom. The Balaban J connectivity index is 1.98. The van der Waals surface area contributed by atoms with Crippen molar-refractivity contribution in [3.8, 4) is 0 Å². The van der Waals surface area contributed by atoms with Crippen LogP contribution in [-0.2, 0) is 6.42 Å². The smallest absolute Gasteiger partial charge is 0.171 e. The van der Waals surface area contributed by atoms with E-state index in [9.17, 15) is 0 Å². The quantitative estimate of drug-likeness (QED) is 0.760. The minimum atomic E-state index is 0.232. The van der Waals surface area contributed by atoms with Gasteiger partial charge in [-0.1, -0.05) is 55.8 Å². The van der Waals surface area contributed by atoms with Crippen molar-refractivity contribution in [1.29, 1.82) is 0 Å². The zero-order valence-electron chi connectivity index (χ0n) is 13.5. The third kappa shape index (κ3) is 4.57. The summed E-state index contributed by atoms with van der Waals surface area (Å²) >= 11 is 5.44. The van der Waals surface area contributed by atoms with Crippen LogP contribution in [0, 0.1) is 6.92 Å². The Bertz CT molecular complexity index is 602. The molecule has 0 saturated carbocycles. The van der Waals surface area contributed by atoms with Crippen molar-refractivity contribution in [2.75, 3.05) is 5.32 Å². The predicted octanol–water partition coefficient (Wildman–Crippen LogP) is 5.00. The van der Waals surface area contributed by atoms with Crippen LogP contribution in [0.25, 0.3) is 0 Å². The number of thiocarbonyl (C=S) groups is 1. The molecule has 0 aliphatic rings. The monoisotopic (exact) mass is 312 g/mol. The summed E-state index contributed by atoms with van der Waals surface area (Å²) in [5, 5.41) is 7.32. The number of anilines is 1. The van der Waals surface area contributed by atoms with Crippen LogP contribution >= 0.6 is 12.2 Å². The standard InChI is InChI=1S/C19H24N2S/c1-4-15-8-12-17(13-9-15)20-19(22)21-18(5-2)16-10-6-14(3)7-11-16/h6-13,18H,4-5H2,1-3H3,(H2,20,21,22)/t18-/m0/s1. The second kappa shape index (κ2) is 7.95. The van der Waals surface area contributed by atoms with E-state index in [1.807, 2.05) is 0 Å². The molecule has 0 aromatic heterocycles. The first kappa shape index (κ1) is 16.5. The van der Waals surface area contributed by atoms with Gasteiger partial charge < -0.3 is 10.6 Å². The third-order valence-corrected chi connectivity index (χ3v) is 4.03. The minimum absolute atomic E-state index is 0.232. The first-order valence-electron chi connectivity index (χ1n) is 7.85. The van der Waals surface area contributed by atoms with Crippen LogP contribution in [-0.4, -0.2) is 5.11 Å². The summed E-state index contributed by atoms with van der Waals surface area (Å²) in [6.07, 6.45) is 2.04. The molecular weight excluding hydrogens is 288 g/mol. The van der Waals surface area contributed by atoms with Crippen molar-refractivity contribution < 1.29 is 0 Å². The van der Waals surface area contributed by atoms with Gasteiger partial charge in [0.05, 0.1) is 6.04 Å². The molecule has 0 amide bonds. The van der Waals surface area contributed by atoms with Crippen molar-refractivity contribution in [3.05, 3.63) is 65.2 Å². The second-order valence-corrected chi connectivity index (χ2v) is 5.93. The molecule has 2 nitrogen and oxygen atoms in total. The van der Waals surface area contributed by atoms with Crippen LogP contribution in [0.5, 0.6) is 0 Å². The van der Waals surface area contributed by atoms with Gasteiger partial charge in [0, 0.05) is 5.69 Å². The molecule has 0 aliphatic carbocycles. The van der Waals surface area contributed by atoms with E-state index in [0.717, 1.165) is 18.5 Å². The predicted molar refractivity (Wildman–Crippen MR) is 99.4 cm³/mol. The fourth-order valence-corrected chi connectivity index (χ4v) is 2.63. The molecule has 22 heavy (non-hydrogen) atoms. The van der Waals surface area contributed by atoms with Crippen LogP contribution in [0.2, 0.25) is 0 Å². The number of nitrogens with one attached hydrogen (secondary N) is 2. The first-order chi connectivity index (χ1) is 10.6. The third-order valence-electron chi connectivity index (χ3n) is 3.81. The Hall–Kier alpha value is -1.87.